The maximum atomic E-state index is 5.81. The first-order valence-electron chi connectivity index (χ1n) is 9.06. The van der Waals surface area contributed by atoms with Gasteiger partial charge < -0.3 is 10.6 Å². The average molecular weight is 320 g/mol. The van der Waals surface area contributed by atoms with Gasteiger partial charge in [-0.05, 0) is 56.0 Å². The lowest BCUT2D eigenvalue weighted by molar-refractivity contribution is 0.812. The van der Waals surface area contributed by atoms with E-state index in [0.29, 0.717) is 0 Å². The highest BCUT2D eigenvalue weighted by atomic mass is 15.1. The van der Waals surface area contributed by atoms with Crippen LogP contribution in [0.25, 0.3) is 5.57 Å². The van der Waals surface area contributed by atoms with Crippen LogP contribution in [-0.2, 0) is 0 Å². The van der Waals surface area contributed by atoms with Gasteiger partial charge in [0, 0.05) is 23.4 Å². The third kappa shape index (κ3) is 2.87. The Hall–Kier alpha value is -2.06. The van der Waals surface area contributed by atoms with Crippen LogP contribution in [0.15, 0.2) is 42.5 Å². The van der Waals surface area contributed by atoms with Gasteiger partial charge in [0.05, 0.1) is 5.69 Å². The highest BCUT2D eigenvalue weighted by molar-refractivity contribution is 5.98. The summed E-state index contributed by atoms with van der Waals surface area (Å²) in [5.41, 5.74) is 15.3. The topological polar surface area (TPSA) is 29.3 Å². The number of nitrogens with two attached hydrogens (primary N) is 1. The van der Waals surface area contributed by atoms with Crippen LogP contribution in [0, 0.1) is 13.8 Å². The molecule has 2 nitrogen and oxygen atoms in total. The Morgan fingerprint density at radius 3 is 2.58 bits per heavy atom. The molecule has 0 aromatic heterocycles. The van der Waals surface area contributed by atoms with Crippen LogP contribution in [-0.4, -0.2) is 13.1 Å². The van der Waals surface area contributed by atoms with Crippen LogP contribution in [0.1, 0.15) is 48.4 Å². The van der Waals surface area contributed by atoms with Crippen molar-refractivity contribution in [3.8, 4) is 0 Å². The maximum Gasteiger partial charge on any atom is 0.0523 e. The van der Waals surface area contributed by atoms with Crippen molar-refractivity contribution in [3.63, 3.8) is 0 Å². The normalized spacial score (nSPS) is 14.7. The lowest BCUT2D eigenvalue weighted by Gasteiger charge is -2.36. The highest BCUT2D eigenvalue weighted by Crippen LogP contribution is 2.47. The molecule has 0 radical (unpaired) electrons. The number of nitrogens with zero attached hydrogens (tertiary/aromatic N) is 1. The quantitative estimate of drug-likeness (QED) is 0.806. The molecule has 1 aliphatic rings. The van der Waals surface area contributed by atoms with E-state index in [2.05, 4.69) is 68.1 Å². The van der Waals surface area contributed by atoms with E-state index in [1.807, 2.05) is 0 Å². The summed E-state index contributed by atoms with van der Waals surface area (Å²) in [6.07, 6.45) is 5.68. The van der Waals surface area contributed by atoms with Gasteiger partial charge in [0.1, 0.15) is 0 Å². The number of rotatable bonds is 5. The van der Waals surface area contributed by atoms with Crippen molar-refractivity contribution in [2.24, 2.45) is 5.73 Å². The largest absolute Gasteiger partial charge is 0.340 e. The van der Waals surface area contributed by atoms with Crippen LogP contribution in [0.3, 0.4) is 0 Å². The summed E-state index contributed by atoms with van der Waals surface area (Å²) in [6, 6.07) is 13.3. The van der Waals surface area contributed by atoms with Crippen LogP contribution >= 0.6 is 0 Å². The molecule has 2 aromatic carbocycles. The maximum absolute atomic E-state index is 5.81. The second-order valence-corrected chi connectivity index (χ2v) is 6.62. The minimum absolute atomic E-state index is 0.720. The van der Waals surface area contributed by atoms with Gasteiger partial charge >= 0.3 is 0 Å². The lowest BCUT2D eigenvalue weighted by atomic mass is 9.86. The SMILES string of the molecule is CCC/C=C1\c2ccccc2N(CCCN)c2c1ccc(C)c2C. The van der Waals surface area contributed by atoms with Crippen molar-refractivity contribution < 1.29 is 0 Å². The molecule has 3 rings (SSSR count). The number of unbranched alkanes of at least 4 members (excludes halogenated alkanes) is 1. The molecule has 0 saturated heterocycles. The number of aryl methyl sites for hydroxylation is 1. The summed E-state index contributed by atoms with van der Waals surface area (Å²) in [7, 11) is 0. The Morgan fingerprint density at radius 2 is 1.83 bits per heavy atom. The number of benzene rings is 2. The first kappa shape index (κ1) is 16.8. The molecular formula is C22H28N2. The molecule has 2 heteroatoms. The Morgan fingerprint density at radius 1 is 1.04 bits per heavy atom. The van der Waals surface area contributed by atoms with Crippen molar-refractivity contribution in [2.75, 3.05) is 18.0 Å². The molecule has 0 spiro atoms. The minimum atomic E-state index is 0.720. The van der Waals surface area contributed by atoms with E-state index >= 15 is 0 Å². The van der Waals surface area contributed by atoms with Gasteiger partial charge in [-0.15, -0.1) is 0 Å². The predicted octanol–water partition coefficient (Wildman–Crippen LogP) is 5.34. The number of hydrogen-bond donors (Lipinski definition) is 1. The van der Waals surface area contributed by atoms with Gasteiger partial charge in [-0.3, -0.25) is 0 Å². The van der Waals surface area contributed by atoms with E-state index in [9.17, 15) is 0 Å². The number of anilines is 2. The van der Waals surface area contributed by atoms with Crippen LogP contribution in [0.4, 0.5) is 11.4 Å². The zero-order valence-electron chi connectivity index (χ0n) is 15.1. The van der Waals surface area contributed by atoms with Crippen molar-refractivity contribution in [1.29, 1.82) is 0 Å². The minimum Gasteiger partial charge on any atom is -0.340 e. The van der Waals surface area contributed by atoms with Gasteiger partial charge in [-0.1, -0.05) is 49.8 Å². The third-order valence-electron chi connectivity index (χ3n) is 4.97. The molecule has 0 atom stereocenters. The van der Waals surface area contributed by atoms with E-state index in [4.69, 9.17) is 5.73 Å². The van der Waals surface area contributed by atoms with Gasteiger partial charge in [0.15, 0.2) is 0 Å². The van der Waals surface area contributed by atoms with Gasteiger partial charge in [0.25, 0.3) is 0 Å². The summed E-state index contributed by atoms with van der Waals surface area (Å²) < 4.78 is 0. The molecule has 2 N–H and O–H groups in total. The van der Waals surface area contributed by atoms with Gasteiger partial charge in [-0.25, -0.2) is 0 Å². The van der Waals surface area contributed by atoms with E-state index in [1.54, 1.807) is 0 Å². The Balaban J connectivity index is 2.24. The molecule has 0 saturated carbocycles. The molecule has 126 valence electrons. The summed E-state index contributed by atoms with van der Waals surface area (Å²) in [6.45, 7) is 8.37. The summed E-state index contributed by atoms with van der Waals surface area (Å²) in [4.78, 5) is 2.48. The Bertz CT molecular complexity index is 759. The second kappa shape index (κ2) is 7.23. The molecule has 0 aliphatic carbocycles. The van der Waals surface area contributed by atoms with Crippen LogP contribution in [0.5, 0.6) is 0 Å². The molecule has 0 fully saturated rings. The Kier molecular flexibility index (Phi) is 5.06. The molecule has 0 amide bonds. The van der Waals surface area contributed by atoms with Gasteiger partial charge in [0.2, 0.25) is 0 Å². The van der Waals surface area contributed by atoms with E-state index in [1.165, 1.54) is 45.6 Å². The molecule has 1 aliphatic heterocycles. The van der Waals surface area contributed by atoms with E-state index in [-0.39, 0.29) is 0 Å². The second-order valence-electron chi connectivity index (χ2n) is 6.62. The molecule has 1 heterocycles. The average Bonchev–Trinajstić information content (AvgIpc) is 2.61. The third-order valence-corrected chi connectivity index (χ3v) is 4.97. The van der Waals surface area contributed by atoms with Crippen molar-refractivity contribution in [3.05, 3.63) is 64.7 Å². The first-order chi connectivity index (χ1) is 11.7. The molecule has 0 unspecified atom stereocenters. The lowest BCUT2D eigenvalue weighted by Crippen LogP contribution is -2.26. The Labute approximate surface area is 146 Å². The van der Waals surface area contributed by atoms with Crippen LogP contribution in [0.2, 0.25) is 0 Å². The van der Waals surface area contributed by atoms with Crippen molar-refractivity contribution in [2.45, 2.75) is 40.0 Å². The van der Waals surface area contributed by atoms with E-state index in [0.717, 1.165) is 25.9 Å². The molecule has 24 heavy (non-hydrogen) atoms. The zero-order valence-corrected chi connectivity index (χ0v) is 15.1. The summed E-state index contributed by atoms with van der Waals surface area (Å²) in [5.74, 6) is 0. The summed E-state index contributed by atoms with van der Waals surface area (Å²) in [5, 5.41) is 0. The fraction of sp³-hybridized carbons (Fsp3) is 0.364. The molecule has 0 bridgehead atoms. The summed E-state index contributed by atoms with van der Waals surface area (Å²) >= 11 is 0. The first-order valence-corrected chi connectivity index (χ1v) is 9.06. The number of hydrogen-bond acceptors (Lipinski definition) is 2. The van der Waals surface area contributed by atoms with Crippen molar-refractivity contribution in [1.82, 2.24) is 0 Å². The standard InChI is InChI=1S/C22H28N2/c1-4-5-9-18-19-10-6-7-11-21(19)24(15-8-14-23)22-17(3)16(2)12-13-20(18)22/h6-7,9-13H,4-5,8,14-15,23H2,1-3H3/b18-9+. The fourth-order valence-corrected chi connectivity index (χ4v) is 3.56. The number of allylic oxidation sites excluding steroid dienone is 1. The van der Waals surface area contributed by atoms with Gasteiger partial charge in [-0.2, -0.15) is 0 Å². The predicted molar refractivity (Wildman–Crippen MR) is 105 cm³/mol. The smallest absolute Gasteiger partial charge is 0.0523 e. The highest BCUT2D eigenvalue weighted by Gasteiger charge is 2.27. The molecule has 2 aromatic rings. The molecular weight excluding hydrogens is 292 g/mol. The van der Waals surface area contributed by atoms with Crippen LogP contribution < -0.4 is 10.6 Å². The number of fused-ring (bicyclic) bond motifs is 2. The monoisotopic (exact) mass is 320 g/mol. The van der Waals surface area contributed by atoms with E-state index < -0.39 is 0 Å². The zero-order chi connectivity index (χ0) is 17.1. The number of para-hydroxylation sites is 1. The fourth-order valence-electron chi connectivity index (χ4n) is 3.56. The van der Waals surface area contributed by atoms with Crippen molar-refractivity contribution >= 4 is 16.9 Å².